The molecule has 0 saturated heterocycles. The van der Waals surface area contributed by atoms with Crippen LogP contribution < -0.4 is 11.2 Å². The molecule has 0 atom stereocenters. The van der Waals surface area contributed by atoms with E-state index in [9.17, 15) is 9.59 Å². The summed E-state index contributed by atoms with van der Waals surface area (Å²) in [5.41, 5.74) is 6.47. The minimum absolute atomic E-state index is 0.0823. The Morgan fingerprint density at radius 1 is 1.27 bits per heavy atom. The molecule has 0 radical (unpaired) electrons. The zero-order chi connectivity index (χ0) is 10.8. The summed E-state index contributed by atoms with van der Waals surface area (Å²) >= 11 is 0. The smallest absolute Gasteiger partial charge is 0.290 e. The van der Waals surface area contributed by atoms with Crippen molar-refractivity contribution in [1.29, 1.82) is 0 Å². The average molecular weight is 206 g/mol. The second-order valence-corrected chi connectivity index (χ2v) is 2.41. The predicted octanol–water partition coefficient (Wildman–Crippen LogP) is -0.657. The summed E-state index contributed by atoms with van der Waals surface area (Å²) in [6, 6.07) is 0. The first-order valence-electron chi connectivity index (χ1n) is 3.63. The highest BCUT2D eigenvalue weighted by atomic mass is 16.2. The number of fused-ring (bicyclic) bond motifs is 1. The number of hydrogen-bond acceptors (Lipinski definition) is 6. The number of nitrogens with one attached hydrogen (secondary N) is 2. The lowest BCUT2D eigenvalue weighted by molar-refractivity contribution is 0.958. The third-order valence-corrected chi connectivity index (χ3v) is 1.48. The average Bonchev–Trinajstić information content (AvgIpc) is 2.17. The van der Waals surface area contributed by atoms with Gasteiger partial charge in [0.2, 0.25) is 5.95 Å². The van der Waals surface area contributed by atoms with Crippen LogP contribution in [0.2, 0.25) is 0 Å². The summed E-state index contributed by atoms with van der Waals surface area (Å²) in [7, 11) is 0. The van der Waals surface area contributed by atoms with Crippen molar-refractivity contribution >= 4 is 17.1 Å². The number of azide groups is 1. The lowest BCUT2D eigenvalue weighted by atomic mass is 10.5. The number of nitrogens with zero attached hydrogens (tertiary/aromatic N) is 6. The van der Waals surface area contributed by atoms with E-state index in [1.165, 1.54) is 0 Å². The first kappa shape index (κ1) is 8.84. The molecule has 0 saturated carbocycles. The largest absolute Gasteiger partial charge is 0.327 e. The number of H-pyrrole nitrogens is 2. The minimum atomic E-state index is -0.722. The third-order valence-electron chi connectivity index (χ3n) is 1.48. The van der Waals surface area contributed by atoms with Gasteiger partial charge < -0.3 is 0 Å². The Morgan fingerprint density at radius 3 is 2.80 bits per heavy atom. The van der Waals surface area contributed by atoms with Crippen molar-refractivity contribution in [3.63, 3.8) is 0 Å². The van der Waals surface area contributed by atoms with E-state index >= 15 is 0 Å². The van der Waals surface area contributed by atoms with Gasteiger partial charge in [-0.25, -0.2) is 9.78 Å². The molecule has 0 aromatic carbocycles. The van der Waals surface area contributed by atoms with Crippen molar-refractivity contribution in [2.45, 2.75) is 0 Å². The number of aromatic nitrogens is 5. The summed E-state index contributed by atoms with van der Waals surface area (Å²) in [6.07, 6.45) is 0. The third kappa shape index (κ3) is 1.51. The first-order chi connectivity index (χ1) is 7.20. The Morgan fingerprint density at radius 2 is 2.07 bits per heavy atom. The van der Waals surface area contributed by atoms with Crippen molar-refractivity contribution in [1.82, 2.24) is 25.1 Å². The van der Waals surface area contributed by atoms with Crippen LogP contribution in [0.25, 0.3) is 21.6 Å². The molecule has 0 aliphatic heterocycles. The van der Waals surface area contributed by atoms with E-state index in [1.807, 2.05) is 4.98 Å². The molecule has 0 bridgehead atoms. The highest BCUT2D eigenvalue weighted by molar-refractivity contribution is 5.67. The fourth-order valence-corrected chi connectivity index (χ4v) is 0.941. The van der Waals surface area contributed by atoms with Crippen LogP contribution in [0.4, 0.5) is 5.95 Å². The Kier molecular flexibility index (Phi) is 1.88. The van der Waals surface area contributed by atoms with Gasteiger partial charge in [-0.2, -0.15) is 0 Å². The first-order valence-corrected chi connectivity index (χ1v) is 3.63. The Hall–Kier alpha value is -2.74. The Labute approximate surface area is 79.6 Å². The molecular weight excluding hydrogens is 204 g/mol. The summed E-state index contributed by atoms with van der Waals surface area (Å²) in [5.74, 6) is -0.272. The molecule has 10 heteroatoms. The van der Waals surface area contributed by atoms with Gasteiger partial charge in [-0.3, -0.25) is 14.8 Å². The normalized spacial score (nSPS) is 9.87. The number of hydrogen-bond donors (Lipinski definition) is 2. The van der Waals surface area contributed by atoms with E-state index in [1.54, 1.807) is 0 Å². The molecule has 15 heavy (non-hydrogen) atoms. The molecule has 2 N–H and O–H groups in total. The van der Waals surface area contributed by atoms with Crippen molar-refractivity contribution in [3.05, 3.63) is 31.3 Å². The number of rotatable bonds is 1. The molecule has 0 aliphatic carbocycles. The van der Waals surface area contributed by atoms with Crippen LogP contribution in [0, 0.1) is 0 Å². The molecule has 0 aliphatic rings. The van der Waals surface area contributed by atoms with Gasteiger partial charge in [0, 0.05) is 4.91 Å². The zero-order valence-electron chi connectivity index (χ0n) is 7.00. The minimum Gasteiger partial charge on any atom is -0.290 e. The molecule has 74 valence electrons. The van der Waals surface area contributed by atoms with Crippen molar-refractivity contribution in [3.8, 4) is 0 Å². The van der Waals surface area contributed by atoms with Crippen molar-refractivity contribution < 1.29 is 0 Å². The second-order valence-electron chi connectivity index (χ2n) is 2.41. The van der Waals surface area contributed by atoms with E-state index in [0.29, 0.717) is 0 Å². The molecular formula is C5H2N8O2. The van der Waals surface area contributed by atoms with Crippen LogP contribution in [0.5, 0.6) is 0 Å². The van der Waals surface area contributed by atoms with Crippen molar-refractivity contribution in [2.24, 2.45) is 5.11 Å². The standard InChI is InChI=1S/C5H2N8O2/c6-13-12-4-7-2-1(10-11-4)3(14)9-5(15)8-2/h(H2,7,8,9,11,14,15). The maximum atomic E-state index is 11.1. The van der Waals surface area contributed by atoms with E-state index in [0.717, 1.165) is 0 Å². The molecule has 0 spiro atoms. The summed E-state index contributed by atoms with van der Waals surface area (Å²) in [5, 5.41) is 9.89. The fraction of sp³-hybridized carbons (Fsp3) is 0. The summed E-state index contributed by atoms with van der Waals surface area (Å²) < 4.78 is 0. The van der Waals surface area contributed by atoms with Gasteiger partial charge in [-0.05, 0) is 10.6 Å². The van der Waals surface area contributed by atoms with Gasteiger partial charge in [0.15, 0.2) is 11.2 Å². The second kappa shape index (κ2) is 3.20. The van der Waals surface area contributed by atoms with Gasteiger partial charge in [0.05, 0.1) is 0 Å². The van der Waals surface area contributed by atoms with Gasteiger partial charge >= 0.3 is 5.69 Å². The molecule has 0 unspecified atom stereocenters. The molecule has 0 fully saturated rings. The fourth-order valence-electron chi connectivity index (χ4n) is 0.941. The number of aromatic amines is 2. The molecule has 2 rings (SSSR count). The lowest BCUT2D eigenvalue weighted by Gasteiger charge is -1.93. The van der Waals surface area contributed by atoms with Crippen LogP contribution in [0.15, 0.2) is 14.7 Å². The van der Waals surface area contributed by atoms with Gasteiger partial charge in [0.25, 0.3) is 5.56 Å². The van der Waals surface area contributed by atoms with Gasteiger partial charge in [0.1, 0.15) is 0 Å². The monoisotopic (exact) mass is 206 g/mol. The SMILES string of the molecule is [N-]=[N+]=Nc1nnc2c(=O)[nH]c(=O)[nH]c2n1. The van der Waals surface area contributed by atoms with Crippen LogP contribution in [-0.2, 0) is 0 Å². The van der Waals surface area contributed by atoms with E-state index in [4.69, 9.17) is 5.53 Å². The Balaban J connectivity index is 2.88. The molecule has 2 aromatic heterocycles. The van der Waals surface area contributed by atoms with E-state index < -0.39 is 11.2 Å². The van der Waals surface area contributed by atoms with Crippen molar-refractivity contribution in [2.75, 3.05) is 0 Å². The molecule has 10 nitrogen and oxygen atoms in total. The Bertz CT molecular complexity index is 677. The summed E-state index contributed by atoms with van der Waals surface area (Å²) in [6.45, 7) is 0. The molecule has 2 heterocycles. The quantitative estimate of drug-likeness (QED) is 0.360. The molecule has 0 amide bonds. The van der Waals surface area contributed by atoms with Crippen LogP contribution in [0.3, 0.4) is 0 Å². The lowest BCUT2D eigenvalue weighted by Crippen LogP contribution is -2.23. The molecule has 2 aromatic rings. The topological polar surface area (TPSA) is 153 Å². The zero-order valence-corrected chi connectivity index (χ0v) is 7.00. The van der Waals surface area contributed by atoms with E-state index in [-0.39, 0.29) is 17.1 Å². The van der Waals surface area contributed by atoms with Crippen LogP contribution in [-0.4, -0.2) is 25.1 Å². The maximum Gasteiger partial charge on any atom is 0.327 e. The highest BCUT2D eigenvalue weighted by Gasteiger charge is 2.04. The predicted molar refractivity (Wildman–Crippen MR) is 47.4 cm³/mol. The maximum absolute atomic E-state index is 11.1. The van der Waals surface area contributed by atoms with Crippen LogP contribution in [0.1, 0.15) is 0 Å². The van der Waals surface area contributed by atoms with Gasteiger partial charge in [-0.1, -0.05) is 0 Å². The summed E-state index contributed by atoms with van der Waals surface area (Å²) in [4.78, 5) is 32.2. The highest BCUT2D eigenvalue weighted by Crippen LogP contribution is 2.03. The van der Waals surface area contributed by atoms with E-state index in [2.05, 4.69) is 30.2 Å². The van der Waals surface area contributed by atoms with Crippen LogP contribution >= 0.6 is 0 Å². The van der Waals surface area contributed by atoms with Gasteiger partial charge in [-0.15, -0.1) is 10.2 Å².